The van der Waals surface area contributed by atoms with Gasteiger partial charge in [-0.15, -0.1) is 11.3 Å². The molecule has 1 aromatic carbocycles. The minimum Gasteiger partial charge on any atom is -0.494 e. The number of hydrogen-bond donors (Lipinski definition) is 1. The number of carboxylic acids is 1. The molecule has 1 aliphatic rings. The van der Waals surface area contributed by atoms with Gasteiger partial charge in [0.25, 0.3) is 5.91 Å². The zero-order valence-corrected chi connectivity index (χ0v) is 16.4. The van der Waals surface area contributed by atoms with Crippen molar-refractivity contribution in [2.24, 2.45) is 5.92 Å². The van der Waals surface area contributed by atoms with Crippen LogP contribution in [-0.4, -0.2) is 46.1 Å². The summed E-state index contributed by atoms with van der Waals surface area (Å²) in [5, 5.41) is 11.9. The van der Waals surface area contributed by atoms with Crippen molar-refractivity contribution in [2.45, 2.75) is 39.2 Å². The van der Waals surface area contributed by atoms with Crippen LogP contribution in [0.5, 0.6) is 5.75 Å². The molecule has 1 amide bonds. The third kappa shape index (κ3) is 4.30. The molecule has 3 rings (SSSR count). The highest BCUT2D eigenvalue weighted by Gasteiger charge is 2.36. The molecule has 1 fully saturated rings. The first-order valence-corrected chi connectivity index (χ1v) is 10.1. The molecule has 2 aromatic rings. The van der Waals surface area contributed by atoms with Gasteiger partial charge in [0, 0.05) is 23.5 Å². The van der Waals surface area contributed by atoms with Crippen molar-refractivity contribution in [3.63, 3.8) is 0 Å². The van der Waals surface area contributed by atoms with Crippen LogP contribution in [0.4, 0.5) is 0 Å². The van der Waals surface area contributed by atoms with Crippen molar-refractivity contribution < 1.29 is 19.4 Å². The number of carbonyl (C=O) groups is 2. The van der Waals surface area contributed by atoms with E-state index >= 15 is 0 Å². The van der Waals surface area contributed by atoms with Gasteiger partial charge in [0.15, 0.2) is 0 Å². The second-order valence-electron chi connectivity index (χ2n) is 6.74. The first-order chi connectivity index (χ1) is 13.0. The number of carbonyl (C=O) groups excluding carboxylic acids is 1. The molecular weight excluding hydrogens is 364 g/mol. The summed E-state index contributed by atoms with van der Waals surface area (Å²) in [6.45, 7) is 5.11. The van der Waals surface area contributed by atoms with Crippen LogP contribution in [0.25, 0.3) is 10.6 Å². The Morgan fingerprint density at radius 3 is 2.74 bits per heavy atom. The van der Waals surface area contributed by atoms with Crippen molar-refractivity contribution in [1.82, 2.24) is 9.88 Å². The van der Waals surface area contributed by atoms with Gasteiger partial charge in [0.05, 0.1) is 12.5 Å². The standard InChI is InChI=1S/C20H24N2O4S/c1-3-11-26-15-8-6-14(7-9-15)18-21-17(12-27-18)19(23)22-10-4-5-16(13(22)2)20(24)25/h6-9,12-13,16H,3-5,10-11H2,1-2H3,(H,24,25)/t13-,16-/m0/s1. The van der Waals surface area contributed by atoms with Crippen LogP contribution in [0.1, 0.15) is 43.6 Å². The van der Waals surface area contributed by atoms with Crippen LogP contribution in [0.3, 0.4) is 0 Å². The van der Waals surface area contributed by atoms with Crippen LogP contribution >= 0.6 is 11.3 Å². The fraction of sp³-hybridized carbons (Fsp3) is 0.450. The number of aromatic nitrogens is 1. The van der Waals surface area contributed by atoms with E-state index in [4.69, 9.17) is 4.74 Å². The number of likely N-dealkylation sites (tertiary alicyclic amines) is 1. The number of rotatable bonds is 6. The fourth-order valence-electron chi connectivity index (χ4n) is 3.33. The molecule has 6 nitrogen and oxygen atoms in total. The number of benzene rings is 1. The quantitative estimate of drug-likeness (QED) is 0.811. The minimum absolute atomic E-state index is 0.196. The number of ether oxygens (including phenoxy) is 1. The van der Waals surface area contributed by atoms with Crippen LogP contribution < -0.4 is 4.74 Å². The summed E-state index contributed by atoms with van der Waals surface area (Å²) in [5.41, 5.74) is 1.30. The Morgan fingerprint density at radius 1 is 1.33 bits per heavy atom. The van der Waals surface area contributed by atoms with Crippen molar-refractivity contribution in [2.75, 3.05) is 13.2 Å². The lowest BCUT2D eigenvalue weighted by Gasteiger charge is -2.37. The highest BCUT2D eigenvalue weighted by Crippen LogP contribution is 2.29. The molecule has 2 atom stereocenters. The highest BCUT2D eigenvalue weighted by molar-refractivity contribution is 7.13. The summed E-state index contributed by atoms with van der Waals surface area (Å²) < 4.78 is 5.58. The van der Waals surface area contributed by atoms with Crippen LogP contribution in [0.2, 0.25) is 0 Å². The maximum Gasteiger partial charge on any atom is 0.308 e. The first kappa shape index (κ1) is 19.4. The summed E-state index contributed by atoms with van der Waals surface area (Å²) in [4.78, 5) is 30.4. The predicted molar refractivity (Wildman–Crippen MR) is 104 cm³/mol. The van der Waals surface area contributed by atoms with Gasteiger partial charge in [-0.05, 0) is 50.5 Å². The number of amides is 1. The summed E-state index contributed by atoms with van der Waals surface area (Å²) in [6, 6.07) is 7.34. The number of aliphatic carboxylic acids is 1. The Morgan fingerprint density at radius 2 is 2.07 bits per heavy atom. The van der Waals surface area contributed by atoms with Gasteiger partial charge < -0.3 is 14.7 Å². The molecule has 1 N–H and O–H groups in total. The van der Waals surface area contributed by atoms with Crippen molar-refractivity contribution in [3.8, 4) is 16.3 Å². The largest absolute Gasteiger partial charge is 0.494 e. The molecule has 0 bridgehead atoms. The third-order valence-corrected chi connectivity index (χ3v) is 5.75. The average Bonchev–Trinajstić information content (AvgIpc) is 3.16. The van der Waals surface area contributed by atoms with E-state index in [-0.39, 0.29) is 11.9 Å². The van der Waals surface area contributed by atoms with E-state index in [0.29, 0.717) is 31.7 Å². The molecule has 1 saturated heterocycles. The molecule has 1 aliphatic heterocycles. The van der Waals surface area contributed by atoms with E-state index in [1.54, 1.807) is 17.2 Å². The number of piperidine rings is 1. The second kappa shape index (κ2) is 8.52. The molecule has 2 heterocycles. The summed E-state index contributed by atoms with van der Waals surface area (Å²) in [6.07, 6.45) is 2.26. The molecule has 0 spiro atoms. The van der Waals surface area contributed by atoms with E-state index in [2.05, 4.69) is 11.9 Å². The maximum atomic E-state index is 12.9. The van der Waals surface area contributed by atoms with E-state index < -0.39 is 11.9 Å². The normalized spacial score (nSPS) is 19.7. The van der Waals surface area contributed by atoms with Gasteiger partial charge in [0.2, 0.25) is 0 Å². The predicted octanol–water partition coefficient (Wildman–Crippen LogP) is 3.92. The molecular formula is C20H24N2O4S. The third-order valence-electron chi connectivity index (χ3n) is 4.86. The Kier molecular flexibility index (Phi) is 6.11. The number of hydrogen-bond acceptors (Lipinski definition) is 5. The average molecular weight is 388 g/mol. The van der Waals surface area contributed by atoms with Crippen LogP contribution in [-0.2, 0) is 4.79 Å². The van der Waals surface area contributed by atoms with Gasteiger partial charge in [-0.3, -0.25) is 9.59 Å². The minimum atomic E-state index is -0.843. The number of carboxylic acid groups (broad SMARTS) is 1. The van der Waals surface area contributed by atoms with Gasteiger partial charge in [0.1, 0.15) is 16.5 Å². The fourth-order valence-corrected chi connectivity index (χ4v) is 4.13. The van der Waals surface area contributed by atoms with Gasteiger partial charge in [-0.2, -0.15) is 0 Å². The van der Waals surface area contributed by atoms with Gasteiger partial charge in [-0.1, -0.05) is 6.92 Å². The van der Waals surface area contributed by atoms with Crippen molar-refractivity contribution >= 4 is 23.2 Å². The smallest absolute Gasteiger partial charge is 0.308 e. The van der Waals surface area contributed by atoms with Crippen molar-refractivity contribution in [3.05, 3.63) is 35.3 Å². The topological polar surface area (TPSA) is 79.7 Å². The summed E-state index contributed by atoms with van der Waals surface area (Å²) in [5.74, 6) is -0.741. The molecule has 27 heavy (non-hydrogen) atoms. The molecule has 7 heteroatoms. The van der Waals surface area contributed by atoms with Gasteiger partial charge >= 0.3 is 5.97 Å². The molecule has 0 unspecified atom stereocenters. The van der Waals surface area contributed by atoms with E-state index in [9.17, 15) is 14.7 Å². The Bertz CT molecular complexity index is 803. The molecule has 144 valence electrons. The zero-order chi connectivity index (χ0) is 19.4. The number of nitrogens with zero attached hydrogens (tertiary/aromatic N) is 2. The summed E-state index contributed by atoms with van der Waals surface area (Å²) in [7, 11) is 0. The lowest BCUT2D eigenvalue weighted by molar-refractivity contribution is -0.144. The van der Waals surface area contributed by atoms with E-state index in [1.807, 2.05) is 24.3 Å². The highest BCUT2D eigenvalue weighted by atomic mass is 32.1. The van der Waals surface area contributed by atoms with E-state index in [0.717, 1.165) is 22.7 Å². The molecule has 0 aliphatic carbocycles. The van der Waals surface area contributed by atoms with Crippen LogP contribution in [0.15, 0.2) is 29.6 Å². The zero-order valence-electron chi connectivity index (χ0n) is 15.6. The number of thiazole rings is 1. The lowest BCUT2D eigenvalue weighted by Crippen LogP contribution is -2.49. The van der Waals surface area contributed by atoms with E-state index in [1.165, 1.54) is 11.3 Å². The lowest BCUT2D eigenvalue weighted by atomic mass is 9.90. The van der Waals surface area contributed by atoms with Gasteiger partial charge in [-0.25, -0.2) is 4.98 Å². The maximum absolute atomic E-state index is 12.9. The Hall–Kier alpha value is -2.41. The molecule has 0 radical (unpaired) electrons. The molecule has 1 aromatic heterocycles. The molecule has 0 saturated carbocycles. The monoisotopic (exact) mass is 388 g/mol. The van der Waals surface area contributed by atoms with Crippen LogP contribution in [0, 0.1) is 5.92 Å². The second-order valence-corrected chi connectivity index (χ2v) is 7.59. The Labute approximate surface area is 162 Å². The first-order valence-electron chi connectivity index (χ1n) is 9.23. The summed E-state index contributed by atoms with van der Waals surface area (Å²) >= 11 is 1.41. The SMILES string of the molecule is CCCOc1ccc(-c2nc(C(=O)N3CCC[C@H](C(=O)O)[C@@H]3C)cs2)cc1. The van der Waals surface area contributed by atoms with Crippen molar-refractivity contribution in [1.29, 1.82) is 0 Å². The Balaban J connectivity index is 1.73.